The van der Waals surface area contributed by atoms with Crippen LogP contribution in [0.15, 0.2) is 35.4 Å². The van der Waals surface area contributed by atoms with E-state index in [1.165, 1.54) is 0 Å². The molecule has 1 aromatic carbocycles. The van der Waals surface area contributed by atoms with Crippen LogP contribution in [0.5, 0.6) is 0 Å². The molecule has 0 amide bonds. The van der Waals surface area contributed by atoms with Crippen LogP contribution in [-0.4, -0.2) is 15.2 Å². The van der Waals surface area contributed by atoms with Gasteiger partial charge < -0.3 is 5.10 Å². The Labute approximate surface area is 78.6 Å². The second-order valence-corrected chi connectivity index (χ2v) is 3.15. The Hall–Kier alpha value is -2.10. The van der Waals surface area contributed by atoms with Crippen molar-refractivity contribution in [3.05, 3.63) is 40.8 Å². The number of benzene rings is 1. The fourth-order valence-electron chi connectivity index (χ4n) is 1.66. The highest BCUT2D eigenvalue weighted by Crippen LogP contribution is 2.18. The fourth-order valence-corrected chi connectivity index (χ4v) is 1.66. The minimum Gasteiger partial charge on any atom is -0.306 e. The predicted molar refractivity (Wildman–Crippen MR) is 54.2 cm³/mol. The lowest BCUT2D eigenvalue weighted by atomic mass is 10.1. The molecule has 0 aliphatic carbocycles. The molecule has 14 heavy (non-hydrogen) atoms. The van der Waals surface area contributed by atoms with E-state index < -0.39 is 0 Å². The summed E-state index contributed by atoms with van der Waals surface area (Å²) in [6.07, 6.45) is 3.41. The van der Waals surface area contributed by atoms with E-state index in [4.69, 9.17) is 0 Å². The first-order valence-electron chi connectivity index (χ1n) is 4.30. The topological polar surface area (TPSA) is 61.5 Å². The third-order valence-corrected chi connectivity index (χ3v) is 2.34. The zero-order valence-electron chi connectivity index (χ0n) is 7.24. The number of H-pyrrole nitrogens is 2. The van der Waals surface area contributed by atoms with Crippen molar-refractivity contribution in [3.8, 4) is 0 Å². The van der Waals surface area contributed by atoms with Crippen LogP contribution in [-0.2, 0) is 0 Å². The van der Waals surface area contributed by atoms with Crippen LogP contribution >= 0.6 is 0 Å². The van der Waals surface area contributed by atoms with Gasteiger partial charge in [0.25, 0.3) is 0 Å². The molecule has 0 bridgehead atoms. The van der Waals surface area contributed by atoms with Crippen LogP contribution < -0.4 is 5.43 Å². The number of rotatable bonds is 0. The van der Waals surface area contributed by atoms with Crippen LogP contribution in [0.2, 0.25) is 0 Å². The molecule has 0 spiro atoms. The van der Waals surface area contributed by atoms with Gasteiger partial charge >= 0.3 is 0 Å². The summed E-state index contributed by atoms with van der Waals surface area (Å²) in [4.78, 5) is 15.6. The summed E-state index contributed by atoms with van der Waals surface area (Å²) in [5, 5.41) is 8.29. The summed E-state index contributed by atoms with van der Waals surface area (Å²) in [6.45, 7) is 0. The predicted octanol–water partition coefficient (Wildman–Crippen LogP) is 1.40. The maximum Gasteiger partial charge on any atom is 0.188 e. The van der Waals surface area contributed by atoms with Gasteiger partial charge in [-0.3, -0.25) is 9.89 Å². The van der Waals surface area contributed by atoms with Crippen LogP contribution in [0.4, 0.5) is 0 Å². The number of hydrogen-bond donors (Lipinski definition) is 2. The highest BCUT2D eigenvalue weighted by atomic mass is 16.1. The number of pyridine rings is 1. The molecule has 0 saturated carbocycles. The average Bonchev–Trinajstić information content (AvgIpc) is 2.66. The minimum atomic E-state index is 0.0121. The molecule has 68 valence electrons. The Kier molecular flexibility index (Phi) is 1.28. The first-order chi connectivity index (χ1) is 6.86. The summed E-state index contributed by atoms with van der Waals surface area (Å²) < 4.78 is 0. The quantitative estimate of drug-likeness (QED) is 0.556. The molecule has 0 radical (unpaired) electrons. The Morgan fingerprint density at radius 1 is 1.14 bits per heavy atom. The Morgan fingerprint density at radius 3 is 3.00 bits per heavy atom. The lowest BCUT2D eigenvalue weighted by molar-refractivity contribution is 1.10. The highest BCUT2D eigenvalue weighted by Gasteiger charge is 2.03. The number of hydrogen-bond acceptors (Lipinski definition) is 2. The third-order valence-electron chi connectivity index (χ3n) is 2.34. The summed E-state index contributed by atoms with van der Waals surface area (Å²) in [6, 6.07) is 5.23. The maximum atomic E-state index is 11.5. The lowest BCUT2D eigenvalue weighted by Crippen LogP contribution is -1.98. The van der Waals surface area contributed by atoms with Crippen LogP contribution in [0, 0.1) is 0 Å². The second kappa shape index (κ2) is 2.45. The van der Waals surface area contributed by atoms with Gasteiger partial charge in [0, 0.05) is 23.2 Å². The molecule has 0 atom stereocenters. The largest absolute Gasteiger partial charge is 0.306 e. The zero-order valence-corrected chi connectivity index (χ0v) is 7.24. The van der Waals surface area contributed by atoms with Crippen LogP contribution in [0.25, 0.3) is 21.8 Å². The van der Waals surface area contributed by atoms with Crippen LogP contribution in [0.1, 0.15) is 0 Å². The van der Waals surface area contributed by atoms with E-state index in [-0.39, 0.29) is 5.43 Å². The Balaban J connectivity index is 2.71. The minimum absolute atomic E-state index is 0.0121. The smallest absolute Gasteiger partial charge is 0.188 e. The van der Waals surface area contributed by atoms with E-state index in [1.807, 2.05) is 12.3 Å². The number of nitrogens with zero attached hydrogens (tertiary/aromatic N) is 1. The van der Waals surface area contributed by atoms with Gasteiger partial charge in [0.15, 0.2) is 11.1 Å². The van der Waals surface area contributed by atoms with Crippen LogP contribution in [0.3, 0.4) is 0 Å². The standard InChI is InChI=1S/C10H7N3O/c14-9-3-1-2-6-7(9)4-11-10-8(6)5-12-13-10/h1-5H,(H2,11,12,13). The molecule has 3 rings (SSSR count). The maximum absolute atomic E-state index is 11.5. The van der Waals surface area contributed by atoms with Gasteiger partial charge in [0.05, 0.1) is 0 Å². The molecule has 4 nitrogen and oxygen atoms in total. The fraction of sp³-hybridized carbons (Fsp3) is 0. The van der Waals surface area contributed by atoms with Gasteiger partial charge in [0.1, 0.15) is 0 Å². The van der Waals surface area contributed by atoms with Gasteiger partial charge in [-0.05, 0) is 11.5 Å². The van der Waals surface area contributed by atoms with Gasteiger partial charge in [-0.2, -0.15) is 0 Å². The average molecular weight is 185 g/mol. The van der Waals surface area contributed by atoms with Crippen molar-refractivity contribution in [3.63, 3.8) is 0 Å². The normalized spacial score (nSPS) is 11.1. The van der Waals surface area contributed by atoms with E-state index in [0.29, 0.717) is 5.39 Å². The molecular weight excluding hydrogens is 178 g/mol. The van der Waals surface area contributed by atoms with Gasteiger partial charge in [-0.25, -0.2) is 4.98 Å². The van der Waals surface area contributed by atoms with E-state index in [0.717, 1.165) is 16.4 Å². The van der Waals surface area contributed by atoms with Crippen molar-refractivity contribution < 1.29 is 0 Å². The van der Waals surface area contributed by atoms with Gasteiger partial charge in [0.2, 0.25) is 0 Å². The molecule has 3 aromatic rings. The highest BCUT2D eigenvalue weighted by molar-refractivity contribution is 6.03. The molecule has 2 aromatic heterocycles. The summed E-state index contributed by atoms with van der Waals surface area (Å²) in [5.41, 5.74) is 0.779. The summed E-state index contributed by atoms with van der Waals surface area (Å²) in [5.74, 6) is 0. The lowest BCUT2D eigenvalue weighted by Gasteiger charge is -1.95. The second-order valence-electron chi connectivity index (χ2n) is 3.15. The number of nitrogens with one attached hydrogen (secondary N) is 2. The van der Waals surface area contributed by atoms with E-state index in [9.17, 15) is 4.79 Å². The number of aromatic nitrogens is 3. The van der Waals surface area contributed by atoms with Crippen molar-refractivity contribution >= 4 is 21.8 Å². The number of aromatic amines is 2. The molecule has 2 N–H and O–H groups in total. The Bertz CT molecular complexity index is 665. The molecule has 0 aliphatic rings. The molecule has 4 heteroatoms. The SMILES string of the molecule is O=c1cccc2c1cnc1[nH][nH]cc12. The molecule has 0 fully saturated rings. The van der Waals surface area contributed by atoms with E-state index in [1.54, 1.807) is 18.3 Å². The van der Waals surface area contributed by atoms with Crippen molar-refractivity contribution in [1.82, 2.24) is 15.2 Å². The third kappa shape index (κ3) is 0.821. The molecule has 0 aliphatic heterocycles. The molecular formula is C10H7N3O. The molecule has 2 heterocycles. The van der Waals surface area contributed by atoms with E-state index >= 15 is 0 Å². The van der Waals surface area contributed by atoms with Gasteiger partial charge in [-0.1, -0.05) is 12.1 Å². The zero-order chi connectivity index (χ0) is 9.54. The van der Waals surface area contributed by atoms with E-state index in [2.05, 4.69) is 15.2 Å². The summed E-state index contributed by atoms with van der Waals surface area (Å²) >= 11 is 0. The summed E-state index contributed by atoms with van der Waals surface area (Å²) in [7, 11) is 0. The van der Waals surface area contributed by atoms with Crippen molar-refractivity contribution in [2.45, 2.75) is 0 Å². The molecule has 0 saturated heterocycles. The Morgan fingerprint density at radius 2 is 2.07 bits per heavy atom. The van der Waals surface area contributed by atoms with Gasteiger partial charge in [-0.15, -0.1) is 0 Å². The molecule has 0 unspecified atom stereocenters. The van der Waals surface area contributed by atoms with Crippen molar-refractivity contribution in [1.29, 1.82) is 0 Å². The first kappa shape index (κ1) is 7.32. The monoisotopic (exact) mass is 185 g/mol. The van der Waals surface area contributed by atoms with Crippen molar-refractivity contribution in [2.24, 2.45) is 0 Å². The number of fused-ring (bicyclic) bond motifs is 3. The van der Waals surface area contributed by atoms with Crippen molar-refractivity contribution in [2.75, 3.05) is 0 Å². The first-order valence-corrected chi connectivity index (χ1v) is 4.30.